The molecule has 1 aromatic rings. The summed E-state index contributed by atoms with van der Waals surface area (Å²) in [5.41, 5.74) is 4.17. The molecule has 88 valence electrons. The molecular formula is C10H11F3N2O. The SMILES string of the molecule is Cn1cc(C(F)(F)F)c(C(N)=O)c1C1CC1. The van der Waals surface area contributed by atoms with Gasteiger partial charge in [-0.25, -0.2) is 0 Å². The first-order valence-electron chi connectivity index (χ1n) is 4.88. The first kappa shape index (κ1) is 11.0. The molecule has 6 heteroatoms. The summed E-state index contributed by atoms with van der Waals surface area (Å²) in [7, 11) is 1.51. The highest BCUT2D eigenvalue weighted by Crippen LogP contribution is 2.45. The van der Waals surface area contributed by atoms with Gasteiger partial charge in [0.15, 0.2) is 0 Å². The molecule has 1 amide bonds. The maximum Gasteiger partial charge on any atom is 0.418 e. The fourth-order valence-electron chi connectivity index (χ4n) is 1.96. The van der Waals surface area contributed by atoms with E-state index in [1.165, 1.54) is 11.6 Å². The number of hydrogen-bond acceptors (Lipinski definition) is 1. The van der Waals surface area contributed by atoms with Gasteiger partial charge in [0.05, 0.1) is 11.1 Å². The van der Waals surface area contributed by atoms with Crippen LogP contribution in [0, 0.1) is 0 Å². The second-order valence-corrected chi connectivity index (χ2v) is 4.05. The van der Waals surface area contributed by atoms with E-state index in [1.54, 1.807) is 0 Å². The fourth-order valence-corrected chi connectivity index (χ4v) is 1.96. The molecule has 0 spiro atoms. The number of hydrogen-bond donors (Lipinski definition) is 1. The Labute approximate surface area is 90.0 Å². The van der Waals surface area contributed by atoms with E-state index < -0.39 is 17.6 Å². The third-order valence-electron chi connectivity index (χ3n) is 2.74. The molecule has 2 N–H and O–H groups in total. The van der Waals surface area contributed by atoms with Crippen molar-refractivity contribution in [2.24, 2.45) is 12.8 Å². The topological polar surface area (TPSA) is 48.0 Å². The van der Waals surface area contributed by atoms with Gasteiger partial charge in [0.25, 0.3) is 5.91 Å². The molecule has 1 saturated carbocycles. The van der Waals surface area contributed by atoms with Crippen molar-refractivity contribution in [3.8, 4) is 0 Å². The van der Waals surface area contributed by atoms with Crippen LogP contribution in [-0.2, 0) is 13.2 Å². The fraction of sp³-hybridized carbons (Fsp3) is 0.500. The van der Waals surface area contributed by atoms with Gasteiger partial charge in [0.2, 0.25) is 0 Å². The molecule has 0 aromatic carbocycles. The van der Waals surface area contributed by atoms with Gasteiger partial charge in [-0.05, 0) is 12.8 Å². The molecule has 16 heavy (non-hydrogen) atoms. The molecule has 1 aliphatic carbocycles. The van der Waals surface area contributed by atoms with Gasteiger partial charge in [-0.3, -0.25) is 4.79 Å². The van der Waals surface area contributed by atoms with Crippen molar-refractivity contribution < 1.29 is 18.0 Å². The Morgan fingerprint density at radius 1 is 1.50 bits per heavy atom. The molecule has 1 aromatic heterocycles. The Morgan fingerprint density at radius 2 is 2.06 bits per heavy atom. The van der Waals surface area contributed by atoms with Crippen LogP contribution >= 0.6 is 0 Å². The first-order chi connectivity index (χ1) is 7.32. The monoisotopic (exact) mass is 232 g/mol. The standard InChI is InChI=1S/C10H11F3N2O/c1-15-4-6(10(11,12)13)7(9(14)16)8(15)5-2-3-5/h4-5H,2-3H2,1H3,(H2,14,16). The van der Waals surface area contributed by atoms with E-state index in [-0.39, 0.29) is 11.5 Å². The molecule has 0 radical (unpaired) electrons. The maximum atomic E-state index is 12.7. The van der Waals surface area contributed by atoms with E-state index in [1.807, 2.05) is 0 Å². The summed E-state index contributed by atoms with van der Waals surface area (Å²) in [6, 6.07) is 0. The van der Waals surface area contributed by atoms with Crippen molar-refractivity contribution in [3.63, 3.8) is 0 Å². The largest absolute Gasteiger partial charge is 0.418 e. The summed E-state index contributed by atoms with van der Waals surface area (Å²) in [6.07, 6.45) is -1.96. The summed E-state index contributed by atoms with van der Waals surface area (Å²) >= 11 is 0. The average molecular weight is 232 g/mol. The second kappa shape index (κ2) is 3.26. The third-order valence-corrected chi connectivity index (χ3v) is 2.74. The minimum Gasteiger partial charge on any atom is -0.366 e. The predicted octanol–water partition coefficient (Wildman–Crippen LogP) is 2.02. The zero-order chi connectivity index (χ0) is 12.1. The van der Waals surface area contributed by atoms with Crippen molar-refractivity contribution in [1.29, 1.82) is 0 Å². The quantitative estimate of drug-likeness (QED) is 0.833. The molecule has 3 nitrogen and oxygen atoms in total. The molecule has 0 unspecified atom stereocenters. The number of aryl methyl sites for hydroxylation is 1. The van der Waals surface area contributed by atoms with Crippen LogP contribution in [0.15, 0.2) is 6.20 Å². The van der Waals surface area contributed by atoms with E-state index in [4.69, 9.17) is 5.73 Å². The Morgan fingerprint density at radius 3 is 2.44 bits per heavy atom. The lowest BCUT2D eigenvalue weighted by Crippen LogP contribution is -2.18. The van der Waals surface area contributed by atoms with Crippen molar-refractivity contribution in [3.05, 3.63) is 23.0 Å². The minimum atomic E-state index is -4.53. The van der Waals surface area contributed by atoms with Crippen LogP contribution in [0.5, 0.6) is 0 Å². The van der Waals surface area contributed by atoms with E-state index in [9.17, 15) is 18.0 Å². The molecular weight excluding hydrogens is 221 g/mol. The van der Waals surface area contributed by atoms with Crippen molar-refractivity contribution in [1.82, 2.24) is 4.57 Å². The molecule has 1 fully saturated rings. The number of primary amides is 1. The van der Waals surface area contributed by atoms with E-state index in [0.717, 1.165) is 19.0 Å². The van der Waals surface area contributed by atoms with Crippen LogP contribution in [0.25, 0.3) is 0 Å². The van der Waals surface area contributed by atoms with Gasteiger partial charge in [0, 0.05) is 24.9 Å². The molecule has 1 aliphatic rings. The molecule has 1 heterocycles. The summed E-state index contributed by atoms with van der Waals surface area (Å²) in [4.78, 5) is 11.1. The number of rotatable bonds is 2. The number of carbonyl (C=O) groups excluding carboxylic acids is 1. The molecule has 0 atom stereocenters. The van der Waals surface area contributed by atoms with Gasteiger partial charge in [-0.1, -0.05) is 0 Å². The number of aromatic nitrogens is 1. The first-order valence-corrected chi connectivity index (χ1v) is 4.88. The van der Waals surface area contributed by atoms with E-state index in [0.29, 0.717) is 5.69 Å². The lowest BCUT2D eigenvalue weighted by molar-refractivity contribution is -0.137. The van der Waals surface area contributed by atoms with Crippen LogP contribution in [0.3, 0.4) is 0 Å². The second-order valence-electron chi connectivity index (χ2n) is 4.05. The Bertz CT molecular complexity index is 444. The van der Waals surface area contributed by atoms with Crippen LogP contribution in [-0.4, -0.2) is 10.5 Å². The zero-order valence-corrected chi connectivity index (χ0v) is 8.64. The molecule has 2 rings (SSSR count). The number of nitrogens with two attached hydrogens (primary N) is 1. The van der Waals surface area contributed by atoms with Crippen molar-refractivity contribution in [2.75, 3.05) is 0 Å². The number of carbonyl (C=O) groups is 1. The third kappa shape index (κ3) is 1.68. The van der Waals surface area contributed by atoms with Gasteiger partial charge >= 0.3 is 6.18 Å². The molecule has 0 saturated heterocycles. The highest BCUT2D eigenvalue weighted by Gasteiger charge is 2.41. The number of halogens is 3. The highest BCUT2D eigenvalue weighted by molar-refractivity contribution is 5.96. The summed E-state index contributed by atoms with van der Waals surface area (Å²) < 4.78 is 39.4. The Hall–Kier alpha value is -1.46. The Kier molecular flexibility index (Phi) is 2.25. The average Bonchev–Trinajstić information content (AvgIpc) is 2.87. The zero-order valence-electron chi connectivity index (χ0n) is 8.64. The van der Waals surface area contributed by atoms with Gasteiger partial charge in [-0.15, -0.1) is 0 Å². The van der Waals surface area contributed by atoms with E-state index in [2.05, 4.69) is 0 Å². The molecule has 0 bridgehead atoms. The van der Waals surface area contributed by atoms with Crippen molar-refractivity contribution >= 4 is 5.91 Å². The smallest absolute Gasteiger partial charge is 0.366 e. The lowest BCUT2D eigenvalue weighted by Gasteiger charge is -2.06. The number of amides is 1. The van der Waals surface area contributed by atoms with Crippen LogP contribution in [0.1, 0.15) is 40.4 Å². The van der Waals surface area contributed by atoms with Gasteiger partial charge in [0.1, 0.15) is 0 Å². The van der Waals surface area contributed by atoms with Gasteiger partial charge in [-0.2, -0.15) is 13.2 Å². The van der Waals surface area contributed by atoms with E-state index >= 15 is 0 Å². The predicted molar refractivity (Wildman–Crippen MR) is 50.9 cm³/mol. The highest BCUT2D eigenvalue weighted by atomic mass is 19.4. The van der Waals surface area contributed by atoms with Crippen LogP contribution in [0.4, 0.5) is 13.2 Å². The maximum absolute atomic E-state index is 12.7. The van der Waals surface area contributed by atoms with Crippen LogP contribution < -0.4 is 5.73 Å². The summed E-state index contributed by atoms with van der Waals surface area (Å²) in [5, 5.41) is 0. The van der Waals surface area contributed by atoms with Crippen molar-refractivity contribution in [2.45, 2.75) is 24.9 Å². The van der Waals surface area contributed by atoms with Gasteiger partial charge < -0.3 is 10.3 Å². The molecule has 0 aliphatic heterocycles. The minimum absolute atomic E-state index is 0.0450. The normalized spacial score (nSPS) is 16.5. The number of alkyl halides is 3. The van der Waals surface area contributed by atoms with Crippen LogP contribution in [0.2, 0.25) is 0 Å². The summed E-state index contributed by atoms with van der Waals surface area (Å²) in [6.45, 7) is 0. The summed E-state index contributed by atoms with van der Waals surface area (Å²) in [5.74, 6) is -0.960. The number of nitrogens with zero attached hydrogens (tertiary/aromatic N) is 1. The lowest BCUT2D eigenvalue weighted by atomic mass is 10.1. The Balaban J connectivity index is 2.62.